The molecule has 8 heteroatoms. The molecule has 2 aromatic carbocycles. The predicted molar refractivity (Wildman–Crippen MR) is 123 cm³/mol. The van der Waals surface area contributed by atoms with Gasteiger partial charge in [-0.05, 0) is 43.0 Å². The summed E-state index contributed by atoms with van der Waals surface area (Å²) >= 11 is 1.30. The summed E-state index contributed by atoms with van der Waals surface area (Å²) in [5.41, 5.74) is 2.69. The lowest BCUT2D eigenvalue weighted by Gasteiger charge is -2.31. The van der Waals surface area contributed by atoms with Crippen LogP contribution in [-0.4, -0.2) is 40.1 Å². The summed E-state index contributed by atoms with van der Waals surface area (Å²) in [5.74, 6) is -0.187. The van der Waals surface area contributed by atoms with Gasteiger partial charge in [-0.15, -0.1) is 10.2 Å². The summed E-state index contributed by atoms with van der Waals surface area (Å²) in [6, 6.07) is 17.0. The maximum atomic E-state index is 12.8. The summed E-state index contributed by atoms with van der Waals surface area (Å²) in [5, 5.41) is 15.3. The van der Waals surface area contributed by atoms with Gasteiger partial charge in [-0.1, -0.05) is 54.7 Å². The average Bonchev–Trinajstić information content (AvgIpc) is 3.31. The van der Waals surface area contributed by atoms with Crippen LogP contribution in [0.25, 0.3) is 0 Å². The van der Waals surface area contributed by atoms with E-state index in [4.69, 9.17) is 0 Å². The van der Waals surface area contributed by atoms with Gasteiger partial charge in [0.1, 0.15) is 5.01 Å². The molecule has 1 fully saturated rings. The summed E-state index contributed by atoms with van der Waals surface area (Å²) in [7, 11) is 0. The molecule has 0 bridgehead atoms. The fourth-order valence-electron chi connectivity index (χ4n) is 3.71. The van der Waals surface area contributed by atoms with E-state index in [0.717, 1.165) is 41.2 Å². The van der Waals surface area contributed by atoms with E-state index < -0.39 is 0 Å². The normalized spacial score (nSPS) is 16.0. The molecule has 1 aliphatic heterocycles. The first-order chi connectivity index (χ1) is 15.1. The second-order valence-corrected chi connectivity index (χ2v) is 8.50. The molecule has 0 saturated carbocycles. The molecular weight excluding hydrogens is 410 g/mol. The van der Waals surface area contributed by atoms with Gasteiger partial charge >= 0.3 is 6.03 Å². The van der Waals surface area contributed by atoms with Crippen LogP contribution in [0, 0.1) is 0 Å². The van der Waals surface area contributed by atoms with E-state index in [0.29, 0.717) is 18.1 Å². The Labute approximate surface area is 185 Å². The van der Waals surface area contributed by atoms with E-state index in [1.807, 2.05) is 59.5 Å². The first-order valence-corrected chi connectivity index (χ1v) is 11.3. The van der Waals surface area contributed by atoms with Crippen molar-refractivity contribution in [2.24, 2.45) is 0 Å². The van der Waals surface area contributed by atoms with Gasteiger partial charge in [-0.25, -0.2) is 4.79 Å². The molecule has 7 nitrogen and oxygen atoms in total. The number of aromatic nitrogens is 2. The zero-order chi connectivity index (χ0) is 21.6. The van der Waals surface area contributed by atoms with Crippen LogP contribution in [0.3, 0.4) is 0 Å². The zero-order valence-electron chi connectivity index (χ0n) is 17.4. The number of hydrogen-bond acceptors (Lipinski definition) is 5. The summed E-state index contributed by atoms with van der Waals surface area (Å²) in [6.07, 6.45) is 2.67. The van der Waals surface area contributed by atoms with Crippen molar-refractivity contribution in [3.8, 4) is 0 Å². The molecule has 1 aromatic heterocycles. The number of carbonyl (C=O) groups is 2. The third-order valence-corrected chi connectivity index (χ3v) is 6.45. The molecule has 0 radical (unpaired) electrons. The molecule has 1 unspecified atom stereocenters. The minimum absolute atomic E-state index is 0.0803. The standard InChI is InChI=1S/C23H25N5O2S/c1-2-16-9-6-7-13-19(16)25-23(30)28-14-8-10-17(15-28)21-26-27-22(31-21)20(29)24-18-11-4-3-5-12-18/h3-7,9,11-13,17H,2,8,10,14-15H2,1H3,(H,24,29)(H,25,30). The SMILES string of the molecule is CCc1ccccc1NC(=O)N1CCCC(c2nnc(C(=O)Nc3ccccc3)s2)C1. The zero-order valence-corrected chi connectivity index (χ0v) is 18.2. The van der Waals surface area contributed by atoms with Gasteiger partial charge in [0.05, 0.1) is 0 Å². The van der Waals surface area contributed by atoms with Crippen molar-refractivity contribution in [1.29, 1.82) is 0 Å². The Morgan fingerprint density at radius 3 is 2.65 bits per heavy atom. The second-order valence-electron chi connectivity index (χ2n) is 7.49. The van der Waals surface area contributed by atoms with Gasteiger partial charge in [0.25, 0.3) is 5.91 Å². The number of nitrogens with one attached hydrogen (secondary N) is 2. The molecule has 4 rings (SSSR count). The molecule has 1 aliphatic rings. The Bertz CT molecular complexity index is 1050. The maximum absolute atomic E-state index is 12.8. The molecule has 3 amide bonds. The Morgan fingerprint density at radius 2 is 1.84 bits per heavy atom. The summed E-state index contributed by atoms with van der Waals surface area (Å²) < 4.78 is 0. The average molecular weight is 436 g/mol. The topological polar surface area (TPSA) is 87.2 Å². The quantitative estimate of drug-likeness (QED) is 0.605. The van der Waals surface area contributed by atoms with Crippen molar-refractivity contribution in [2.75, 3.05) is 23.7 Å². The van der Waals surface area contributed by atoms with Crippen LogP contribution < -0.4 is 10.6 Å². The second kappa shape index (κ2) is 9.70. The van der Waals surface area contributed by atoms with Crippen LogP contribution in [-0.2, 0) is 6.42 Å². The van der Waals surface area contributed by atoms with E-state index in [-0.39, 0.29) is 17.9 Å². The highest BCUT2D eigenvalue weighted by molar-refractivity contribution is 7.13. The lowest BCUT2D eigenvalue weighted by Crippen LogP contribution is -2.41. The van der Waals surface area contributed by atoms with Crippen molar-refractivity contribution in [1.82, 2.24) is 15.1 Å². The molecule has 31 heavy (non-hydrogen) atoms. The number of carbonyl (C=O) groups excluding carboxylic acids is 2. The lowest BCUT2D eigenvalue weighted by molar-refractivity contribution is 0.102. The number of hydrogen-bond donors (Lipinski definition) is 2. The monoisotopic (exact) mass is 435 g/mol. The molecule has 1 atom stereocenters. The smallest absolute Gasteiger partial charge is 0.321 e. The van der Waals surface area contributed by atoms with Crippen molar-refractivity contribution in [3.05, 3.63) is 70.2 Å². The van der Waals surface area contributed by atoms with Crippen LogP contribution in [0.1, 0.15) is 46.1 Å². The number of nitrogens with zero attached hydrogens (tertiary/aromatic N) is 3. The van der Waals surface area contributed by atoms with Gasteiger partial charge < -0.3 is 15.5 Å². The minimum Gasteiger partial charge on any atom is -0.324 e. The number of benzene rings is 2. The minimum atomic E-state index is -0.267. The Balaban J connectivity index is 1.39. The first-order valence-electron chi connectivity index (χ1n) is 10.5. The van der Waals surface area contributed by atoms with Crippen LogP contribution in [0.4, 0.5) is 16.2 Å². The van der Waals surface area contributed by atoms with Gasteiger partial charge in [0.2, 0.25) is 5.01 Å². The number of aryl methyl sites for hydroxylation is 1. The number of rotatable bonds is 5. The Kier molecular flexibility index (Phi) is 6.57. The van der Waals surface area contributed by atoms with Crippen LogP contribution >= 0.6 is 11.3 Å². The molecule has 3 aromatic rings. The number of para-hydroxylation sites is 2. The number of likely N-dealkylation sites (tertiary alicyclic amines) is 1. The van der Waals surface area contributed by atoms with Crippen LogP contribution in [0.2, 0.25) is 0 Å². The molecule has 160 valence electrons. The fourth-order valence-corrected chi connectivity index (χ4v) is 4.57. The van der Waals surface area contributed by atoms with E-state index in [2.05, 4.69) is 27.8 Å². The number of urea groups is 1. The Morgan fingerprint density at radius 1 is 1.06 bits per heavy atom. The van der Waals surface area contributed by atoms with E-state index in [1.165, 1.54) is 11.3 Å². The summed E-state index contributed by atoms with van der Waals surface area (Å²) in [4.78, 5) is 27.1. The molecular formula is C23H25N5O2S. The third kappa shape index (κ3) is 5.08. The third-order valence-electron chi connectivity index (χ3n) is 5.36. The predicted octanol–water partition coefficient (Wildman–Crippen LogP) is 4.76. The molecule has 0 aliphatic carbocycles. The molecule has 2 heterocycles. The van der Waals surface area contributed by atoms with E-state index >= 15 is 0 Å². The highest BCUT2D eigenvalue weighted by atomic mass is 32.1. The summed E-state index contributed by atoms with van der Waals surface area (Å²) in [6.45, 7) is 3.34. The fraction of sp³-hybridized carbons (Fsp3) is 0.304. The van der Waals surface area contributed by atoms with Crippen LogP contribution in [0.15, 0.2) is 54.6 Å². The van der Waals surface area contributed by atoms with Crippen molar-refractivity contribution < 1.29 is 9.59 Å². The van der Waals surface area contributed by atoms with E-state index in [1.54, 1.807) is 0 Å². The van der Waals surface area contributed by atoms with Gasteiger partial charge in [0, 0.05) is 30.4 Å². The lowest BCUT2D eigenvalue weighted by atomic mass is 9.99. The number of anilines is 2. The van der Waals surface area contributed by atoms with E-state index in [9.17, 15) is 9.59 Å². The highest BCUT2D eigenvalue weighted by Gasteiger charge is 2.28. The highest BCUT2D eigenvalue weighted by Crippen LogP contribution is 2.30. The molecule has 1 saturated heterocycles. The number of amides is 3. The number of piperidine rings is 1. The van der Waals surface area contributed by atoms with Crippen molar-refractivity contribution >= 4 is 34.6 Å². The van der Waals surface area contributed by atoms with Crippen molar-refractivity contribution in [3.63, 3.8) is 0 Å². The molecule has 0 spiro atoms. The largest absolute Gasteiger partial charge is 0.324 e. The van der Waals surface area contributed by atoms with Crippen LogP contribution in [0.5, 0.6) is 0 Å². The Hall–Kier alpha value is -3.26. The van der Waals surface area contributed by atoms with Gasteiger partial charge in [-0.3, -0.25) is 4.79 Å². The van der Waals surface area contributed by atoms with Gasteiger partial charge in [0.15, 0.2) is 0 Å². The van der Waals surface area contributed by atoms with Crippen molar-refractivity contribution in [2.45, 2.75) is 32.1 Å². The first kappa shape index (κ1) is 21.0. The maximum Gasteiger partial charge on any atom is 0.321 e. The van der Waals surface area contributed by atoms with Gasteiger partial charge in [-0.2, -0.15) is 0 Å². The molecule has 2 N–H and O–H groups in total.